The van der Waals surface area contributed by atoms with Crippen LogP contribution in [0, 0.1) is 0 Å². The second kappa shape index (κ2) is 3.86. The zero-order chi connectivity index (χ0) is 10.8. The first-order chi connectivity index (χ1) is 7.20. The number of hydrogen-bond acceptors (Lipinski definition) is 5. The lowest BCUT2D eigenvalue weighted by Crippen LogP contribution is -2.06. The molecule has 0 saturated carbocycles. The molecule has 0 aliphatic carbocycles. The molecule has 0 aromatic carbocycles. The number of ether oxygens (including phenoxy) is 1. The molecular formula is C9H7ClN2O3. The lowest BCUT2D eigenvalue weighted by Gasteiger charge is -1.98. The van der Waals surface area contributed by atoms with Crippen molar-refractivity contribution in [3.63, 3.8) is 0 Å². The fourth-order valence-corrected chi connectivity index (χ4v) is 1.27. The number of pyridine rings is 1. The molecular weight excluding hydrogens is 220 g/mol. The molecule has 2 aromatic rings. The van der Waals surface area contributed by atoms with Crippen LogP contribution in [0.2, 0.25) is 5.35 Å². The summed E-state index contributed by atoms with van der Waals surface area (Å²) in [6.07, 6.45) is 0. The highest BCUT2D eigenvalue weighted by molar-refractivity contribution is 6.28. The van der Waals surface area contributed by atoms with Gasteiger partial charge in [0, 0.05) is 0 Å². The largest absolute Gasteiger partial charge is 0.461 e. The minimum atomic E-state index is -0.487. The van der Waals surface area contributed by atoms with Crippen LogP contribution in [0.1, 0.15) is 17.4 Å². The number of esters is 1. The van der Waals surface area contributed by atoms with E-state index >= 15 is 0 Å². The van der Waals surface area contributed by atoms with Crippen molar-refractivity contribution < 1.29 is 13.9 Å². The molecule has 2 aromatic heterocycles. The molecule has 5 nitrogen and oxygen atoms in total. The van der Waals surface area contributed by atoms with Crippen LogP contribution in [0.25, 0.3) is 11.2 Å². The van der Waals surface area contributed by atoms with Crippen molar-refractivity contribution in [1.82, 2.24) is 9.97 Å². The first-order valence-electron chi connectivity index (χ1n) is 4.31. The molecule has 0 unspecified atom stereocenters. The highest BCUT2D eigenvalue weighted by atomic mass is 35.5. The smallest absolute Gasteiger partial charge is 0.357 e. The van der Waals surface area contributed by atoms with E-state index in [-0.39, 0.29) is 11.0 Å². The summed E-state index contributed by atoms with van der Waals surface area (Å²) < 4.78 is 9.79. The number of rotatable bonds is 2. The molecule has 0 spiro atoms. The summed E-state index contributed by atoms with van der Waals surface area (Å²) in [4.78, 5) is 19.1. The summed E-state index contributed by atoms with van der Waals surface area (Å²) in [5.41, 5.74) is 0.924. The Balaban J connectivity index is 2.41. The van der Waals surface area contributed by atoms with Gasteiger partial charge in [-0.2, -0.15) is 4.98 Å². The molecule has 0 radical (unpaired) electrons. The van der Waals surface area contributed by atoms with E-state index in [1.165, 1.54) is 6.07 Å². The van der Waals surface area contributed by atoms with Gasteiger partial charge in [-0.25, -0.2) is 9.78 Å². The van der Waals surface area contributed by atoms with Crippen molar-refractivity contribution in [3.05, 3.63) is 23.2 Å². The lowest BCUT2D eigenvalue weighted by molar-refractivity contribution is 0.0520. The fourth-order valence-electron chi connectivity index (χ4n) is 1.11. The van der Waals surface area contributed by atoms with Crippen LogP contribution < -0.4 is 0 Å². The molecule has 0 aliphatic heterocycles. The van der Waals surface area contributed by atoms with Crippen molar-refractivity contribution in [1.29, 1.82) is 0 Å². The third kappa shape index (κ3) is 1.92. The highest BCUT2D eigenvalue weighted by Gasteiger charge is 2.11. The fraction of sp³-hybridized carbons (Fsp3) is 0.222. The van der Waals surface area contributed by atoms with Gasteiger partial charge >= 0.3 is 5.97 Å². The van der Waals surface area contributed by atoms with E-state index in [9.17, 15) is 4.79 Å². The summed E-state index contributed by atoms with van der Waals surface area (Å²) >= 11 is 5.54. The van der Waals surface area contributed by atoms with Gasteiger partial charge in [0.2, 0.25) is 5.65 Å². The summed E-state index contributed by atoms with van der Waals surface area (Å²) in [6.45, 7) is 2.03. The highest BCUT2D eigenvalue weighted by Crippen LogP contribution is 2.17. The predicted octanol–water partition coefficient (Wildman–Crippen LogP) is 2.05. The van der Waals surface area contributed by atoms with E-state index in [0.717, 1.165) is 0 Å². The Bertz CT molecular complexity index is 509. The molecule has 6 heteroatoms. The van der Waals surface area contributed by atoms with Gasteiger partial charge in [-0.05, 0) is 30.7 Å². The second-order valence-electron chi connectivity index (χ2n) is 2.71. The number of oxazole rings is 1. The average molecular weight is 227 g/mol. The standard InChI is InChI=1S/C9H7ClN2O3/c1-2-14-8(13)5-3-4-6-7(11-5)12-9(10)15-6/h3-4H,2H2,1H3. The molecule has 15 heavy (non-hydrogen) atoms. The number of fused-ring (bicyclic) bond motifs is 1. The van der Waals surface area contributed by atoms with E-state index in [4.69, 9.17) is 20.8 Å². The summed E-state index contributed by atoms with van der Waals surface area (Å²) in [5.74, 6) is -0.487. The molecule has 0 amide bonds. The number of hydrogen-bond donors (Lipinski definition) is 0. The van der Waals surface area contributed by atoms with Gasteiger partial charge in [0.25, 0.3) is 5.35 Å². The van der Waals surface area contributed by atoms with Crippen molar-refractivity contribution in [3.8, 4) is 0 Å². The van der Waals surface area contributed by atoms with Crippen LogP contribution in [0.5, 0.6) is 0 Å². The second-order valence-corrected chi connectivity index (χ2v) is 3.03. The Morgan fingerprint density at radius 2 is 2.33 bits per heavy atom. The molecule has 2 rings (SSSR count). The minimum absolute atomic E-state index is 0.00138. The quantitative estimate of drug-likeness (QED) is 0.734. The lowest BCUT2D eigenvalue weighted by atomic mass is 10.3. The first kappa shape index (κ1) is 9.92. The summed E-state index contributed by atoms with van der Waals surface area (Å²) in [7, 11) is 0. The maximum Gasteiger partial charge on any atom is 0.357 e. The third-order valence-electron chi connectivity index (χ3n) is 1.71. The van der Waals surface area contributed by atoms with Gasteiger partial charge < -0.3 is 9.15 Å². The van der Waals surface area contributed by atoms with E-state index in [2.05, 4.69) is 9.97 Å². The third-order valence-corrected chi connectivity index (χ3v) is 1.87. The van der Waals surface area contributed by atoms with Crippen molar-refractivity contribution in [2.75, 3.05) is 6.61 Å². The van der Waals surface area contributed by atoms with Gasteiger partial charge in [-0.1, -0.05) is 0 Å². The van der Waals surface area contributed by atoms with Crippen LogP contribution in [0.3, 0.4) is 0 Å². The van der Waals surface area contributed by atoms with Crippen LogP contribution in [-0.2, 0) is 4.74 Å². The summed E-state index contributed by atoms with van der Waals surface area (Å²) in [6, 6.07) is 3.08. The van der Waals surface area contributed by atoms with E-state index < -0.39 is 5.97 Å². The first-order valence-corrected chi connectivity index (χ1v) is 4.68. The topological polar surface area (TPSA) is 65.2 Å². The number of aromatic nitrogens is 2. The van der Waals surface area contributed by atoms with Crippen LogP contribution in [0.4, 0.5) is 0 Å². The molecule has 0 fully saturated rings. The molecule has 0 atom stereocenters. The SMILES string of the molecule is CCOC(=O)c1ccc2oc(Cl)nc2n1. The molecule has 0 N–H and O–H groups in total. The van der Waals surface area contributed by atoms with Crippen molar-refractivity contribution in [2.24, 2.45) is 0 Å². The molecule has 78 valence electrons. The normalized spacial score (nSPS) is 10.5. The van der Waals surface area contributed by atoms with E-state index in [1.807, 2.05) is 0 Å². The minimum Gasteiger partial charge on any atom is -0.461 e. The number of carbonyl (C=O) groups excluding carboxylic acids is 1. The maximum absolute atomic E-state index is 11.3. The molecule has 0 saturated heterocycles. The van der Waals surface area contributed by atoms with Gasteiger partial charge in [-0.15, -0.1) is 0 Å². The molecule has 0 aliphatic rings. The van der Waals surface area contributed by atoms with Gasteiger partial charge in [0.1, 0.15) is 0 Å². The van der Waals surface area contributed by atoms with Crippen LogP contribution in [-0.4, -0.2) is 22.5 Å². The Morgan fingerprint density at radius 3 is 3.07 bits per heavy atom. The zero-order valence-electron chi connectivity index (χ0n) is 7.86. The van der Waals surface area contributed by atoms with E-state index in [0.29, 0.717) is 17.8 Å². The number of halogens is 1. The zero-order valence-corrected chi connectivity index (χ0v) is 8.61. The van der Waals surface area contributed by atoms with Crippen molar-refractivity contribution >= 4 is 28.8 Å². The number of carbonyl (C=O) groups is 1. The number of nitrogens with zero attached hydrogens (tertiary/aromatic N) is 2. The Labute approximate surface area is 90.0 Å². The van der Waals surface area contributed by atoms with Crippen LogP contribution >= 0.6 is 11.6 Å². The van der Waals surface area contributed by atoms with Gasteiger partial charge in [-0.3, -0.25) is 0 Å². The van der Waals surface area contributed by atoms with Gasteiger partial charge in [0.05, 0.1) is 6.61 Å². The van der Waals surface area contributed by atoms with Crippen molar-refractivity contribution in [2.45, 2.75) is 6.92 Å². The monoisotopic (exact) mass is 226 g/mol. The van der Waals surface area contributed by atoms with Gasteiger partial charge in [0.15, 0.2) is 11.3 Å². The Kier molecular flexibility index (Phi) is 2.55. The molecule has 2 heterocycles. The van der Waals surface area contributed by atoms with Crippen LogP contribution in [0.15, 0.2) is 16.5 Å². The summed E-state index contributed by atoms with van der Waals surface area (Å²) in [5, 5.41) is -0.00138. The maximum atomic E-state index is 11.3. The van der Waals surface area contributed by atoms with E-state index in [1.54, 1.807) is 13.0 Å². The Hall–Kier alpha value is -1.62. The predicted molar refractivity (Wildman–Crippen MR) is 52.8 cm³/mol. The average Bonchev–Trinajstić information content (AvgIpc) is 2.57. The molecule has 0 bridgehead atoms. The Morgan fingerprint density at radius 1 is 1.53 bits per heavy atom.